The van der Waals surface area contributed by atoms with Gasteiger partial charge in [-0.2, -0.15) is 0 Å². The number of quaternary nitrogens is 1. The summed E-state index contributed by atoms with van der Waals surface area (Å²) >= 11 is 0. The zero-order valence-corrected chi connectivity index (χ0v) is 35.5. The molecule has 1 saturated carbocycles. The number of nitrogens with one attached hydrogen (secondary N) is 1. The first-order valence-electron chi connectivity index (χ1n) is 21.5. The van der Waals surface area contributed by atoms with Crippen molar-refractivity contribution in [1.82, 2.24) is 9.88 Å². The number of aromatic amines is 1. The number of hydrogen-bond donors (Lipinski definition) is 2. The highest BCUT2D eigenvalue weighted by Crippen LogP contribution is 2.68. The fraction of sp³-hybridized carbons (Fsp3) is 0.587. The number of benzene rings is 2. The summed E-state index contributed by atoms with van der Waals surface area (Å²) in [6.07, 6.45) is 4.93. The van der Waals surface area contributed by atoms with Gasteiger partial charge in [-0.1, -0.05) is 44.2 Å². The molecule has 2 bridgehead atoms. The molecule has 4 fully saturated rings. The SMILES string of the molecule is CC[C@]12C[N@+]3([O-])CCc4c([nH]c5ccccc45)[C@](C(=O)OC)(c4cc5c(cc4OC)N(C)[C@@H]4[C@](O)(C(=O)OC)[C@H](OC(C)=O)[C@]6(CC)C=CCN7CC[C@@]54[C@@H]76)C[C@@H](C3)[C@H]1O2. The molecule has 10 rings (SSSR count). The van der Waals surface area contributed by atoms with Gasteiger partial charge in [-0.3, -0.25) is 14.5 Å². The van der Waals surface area contributed by atoms with E-state index in [-0.39, 0.29) is 24.5 Å². The van der Waals surface area contributed by atoms with Gasteiger partial charge in [0, 0.05) is 83.6 Å². The van der Waals surface area contributed by atoms with Gasteiger partial charge < -0.3 is 48.5 Å². The van der Waals surface area contributed by atoms with Crippen LogP contribution >= 0.6 is 0 Å². The van der Waals surface area contributed by atoms with E-state index >= 15 is 4.79 Å². The predicted octanol–water partition coefficient (Wildman–Crippen LogP) is 4.02. The van der Waals surface area contributed by atoms with E-state index in [1.54, 1.807) is 7.11 Å². The number of anilines is 1. The third-order valence-corrected chi connectivity index (χ3v) is 16.3. The number of aromatic nitrogens is 1. The van der Waals surface area contributed by atoms with Gasteiger partial charge in [0.2, 0.25) is 5.60 Å². The number of para-hydroxylation sites is 1. The van der Waals surface area contributed by atoms with Gasteiger partial charge in [0.15, 0.2) is 6.10 Å². The van der Waals surface area contributed by atoms with E-state index in [0.29, 0.717) is 75.4 Å². The van der Waals surface area contributed by atoms with Crippen molar-refractivity contribution in [1.29, 1.82) is 0 Å². The molecule has 1 aromatic heterocycles. The van der Waals surface area contributed by atoms with Crippen LogP contribution in [0.3, 0.4) is 0 Å². The molecule has 320 valence electrons. The average molecular weight is 825 g/mol. The van der Waals surface area contributed by atoms with Gasteiger partial charge in [-0.15, -0.1) is 0 Å². The van der Waals surface area contributed by atoms with Crippen molar-refractivity contribution in [3.05, 3.63) is 76.1 Å². The summed E-state index contributed by atoms with van der Waals surface area (Å²) in [4.78, 5) is 50.9. The number of fused-ring (bicyclic) bond motifs is 8. The Labute approximate surface area is 349 Å². The van der Waals surface area contributed by atoms with Crippen molar-refractivity contribution in [2.75, 3.05) is 66.0 Å². The molecule has 2 N–H and O–H groups in total. The summed E-state index contributed by atoms with van der Waals surface area (Å²) < 4.78 is 30.0. The zero-order chi connectivity index (χ0) is 42.4. The average Bonchev–Trinajstić information content (AvgIpc) is 3.51. The topological polar surface area (TPSA) is 166 Å². The Hall–Kier alpha value is -4.47. The van der Waals surface area contributed by atoms with Crippen LogP contribution in [0.4, 0.5) is 5.69 Å². The molecule has 3 saturated heterocycles. The molecule has 60 heavy (non-hydrogen) atoms. The van der Waals surface area contributed by atoms with E-state index in [0.717, 1.165) is 27.7 Å². The minimum atomic E-state index is -2.32. The Bertz CT molecular complexity index is 2360. The molecule has 1 aliphatic carbocycles. The minimum absolute atomic E-state index is 0.207. The summed E-state index contributed by atoms with van der Waals surface area (Å²) in [6.45, 7) is 7.64. The molecule has 3 aromatic rings. The molecule has 7 heterocycles. The second kappa shape index (κ2) is 13.0. The molecule has 0 amide bonds. The quantitative estimate of drug-likeness (QED) is 0.0880. The van der Waals surface area contributed by atoms with Gasteiger partial charge in [-0.25, -0.2) is 4.79 Å². The number of carbonyl (C=O) groups is 3. The molecule has 7 aliphatic rings. The Kier molecular flexibility index (Phi) is 8.61. The highest BCUT2D eigenvalue weighted by atomic mass is 16.6. The lowest BCUT2D eigenvalue weighted by Crippen LogP contribution is -2.81. The van der Waals surface area contributed by atoms with Crippen LogP contribution in [0.15, 0.2) is 48.6 Å². The summed E-state index contributed by atoms with van der Waals surface area (Å²) in [6, 6.07) is 10.7. The number of hydrogen-bond acceptors (Lipinski definition) is 12. The van der Waals surface area contributed by atoms with Crippen molar-refractivity contribution in [2.45, 2.75) is 99.2 Å². The molecule has 0 radical (unpaired) electrons. The number of methoxy groups -OCH3 is 3. The first-order valence-corrected chi connectivity index (χ1v) is 21.5. The fourth-order valence-corrected chi connectivity index (χ4v) is 14.1. The molecular formula is C46H56N4O10. The van der Waals surface area contributed by atoms with Gasteiger partial charge in [0.25, 0.3) is 0 Å². The maximum atomic E-state index is 15.4. The first-order chi connectivity index (χ1) is 28.7. The van der Waals surface area contributed by atoms with E-state index in [4.69, 9.17) is 23.7 Å². The van der Waals surface area contributed by atoms with E-state index in [1.807, 2.05) is 61.4 Å². The second-order valence-electron chi connectivity index (χ2n) is 18.7. The molecule has 11 atom stereocenters. The number of ether oxygens (including phenoxy) is 5. The summed E-state index contributed by atoms with van der Waals surface area (Å²) in [7, 11) is 6.09. The van der Waals surface area contributed by atoms with Crippen molar-refractivity contribution in [2.24, 2.45) is 11.3 Å². The lowest BCUT2D eigenvalue weighted by atomic mass is 9.47. The second-order valence-corrected chi connectivity index (χ2v) is 18.7. The monoisotopic (exact) mass is 824 g/mol. The van der Waals surface area contributed by atoms with Gasteiger partial charge in [-0.05, 0) is 55.5 Å². The van der Waals surface area contributed by atoms with Gasteiger partial charge in [0.1, 0.15) is 29.4 Å². The standard InChI is InChI=1S/C46H56N4O10/c1-8-42-16-12-18-49-19-17-44(37(42)49)30-21-31(34(56-5)22-33(30)48(4)38(44)46(54,41(53)58-7)39(42)59-26(3)51)45(40(52)57-6)23-27-24-50(55,25-43(9-2)36(27)60-43)20-15-29-28-13-10-11-14-32(28)47-35(29)45/h10-14,16,21-22,27,36-39,47,54H,8-9,15,17-20,23-25H2,1-7H3/t27-,36+,37-,38-,39+,42+,43-,44-,45+,46+,50-/m0/s1. The van der Waals surface area contributed by atoms with Crippen LogP contribution in [0.5, 0.6) is 5.75 Å². The Morgan fingerprint density at radius 3 is 2.52 bits per heavy atom. The van der Waals surface area contributed by atoms with Crippen LogP contribution in [0.2, 0.25) is 0 Å². The number of hydroxylamine groups is 3. The summed E-state index contributed by atoms with van der Waals surface area (Å²) in [5.74, 6) is -1.88. The number of epoxide rings is 1. The van der Waals surface area contributed by atoms with Crippen LogP contribution in [-0.4, -0.2) is 134 Å². The van der Waals surface area contributed by atoms with Crippen LogP contribution in [0.1, 0.15) is 68.8 Å². The number of carbonyl (C=O) groups excluding carboxylic acids is 3. The lowest BCUT2D eigenvalue weighted by molar-refractivity contribution is -0.890. The number of H-pyrrole nitrogens is 1. The Morgan fingerprint density at radius 1 is 1.05 bits per heavy atom. The zero-order valence-electron chi connectivity index (χ0n) is 35.5. The normalized spacial score (nSPS) is 39.5. The molecular weight excluding hydrogens is 769 g/mol. The first kappa shape index (κ1) is 39.7. The summed E-state index contributed by atoms with van der Waals surface area (Å²) in [5.41, 5.74) is -1.80. The third-order valence-electron chi connectivity index (χ3n) is 16.3. The maximum absolute atomic E-state index is 15.4. The van der Waals surface area contributed by atoms with Crippen LogP contribution in [0.25, 0.3) is 10.9 Å². The van der Waals surface area contributed by atoms with Crippen LogP contribution in [-0.2, 0) is 50.6 Å². The molecule has 2 aromatic carbocycles. The highest BCUT2D eigenvalue weighted by molar-refractivity contribution is 5.95. The largest absolute Gasteiger partial charge is 0.633 e. The van der Waals surface area contributed by atoms with Crippen molar-refractivity contribution in [3.63, 3.8) is 0 Å². The van der Waals surface area contributed by atoms with Crippen LogP contribution < -0.4 is 9.64 Å². The number of likely N-dealkylation sites (N-methyl/N-ethyl adjacent to an activating group) is 1. The van der Waals surface area contributed by atoms with E-state index in [2.05, 4.69) is 22.9 Å². The van der Waals surface area contributed by atoms with E-state index in [9.17, 15) is 19.9 Å². The number of rotatable bonds is 7. The Morgan fingerprint density at radius 2 is 1.82 bits per heavy atom. The summed E-state index contributed by atoms with van der Waals surface area (Å²) in [5, 5.41) is 29.2. The maximum Gasteiger partial charge on any atom is 0.344 e. The Balaban J connectivity index is 1.28. The number of nitrogens with zero attached hydrogens (tertiary/aromatic N) is 3. The van der Waals surface area contributed by atoms with Crippen molar-refractivity contribution >= 4 is 34.5 Å². The minimum Gasteiger partial charge on any atom is -0.633 e. The molecule has 6 aliphatic heterocycles. The molecule has 14 heteroatoms. The van der Waals surface area contributed by atoms with Crippen molar-refractivity contribution < 1.29 is 47.8 Å². The smallest absolute Gasteiger partial charge is 0.344 e. The van der Waals surface area contributed by atoms with Crippen LogP contribution in [0, 0.1) is 16.5 Å². The van der Waals surface area contributed by atoms with Gasteiger partial charge in [0.05, 0.1) is 40.5 Å². The molecule has 0 unspecified atom stereocenters. The molecule has 1 spiro atoms. The lowest BCUT2D eigenvalue weighted by Gasteiger charge is -2.63. The van der Waals surface area contributed by atoms with E-state index in [1.165, 1.54) is 21.1 Å². The fourth-order valence-electron chi connectivity index (χ4n) is 14.1. The highest BCUT2D eigenvalue weighted by Gasteiger charge is 2.80. The van der Waals surface area contributed by atoms with E-state index < -0.39 is 62.1 Å². The van der Waals surface area contributed by atoms with Gasteiger partial charge >= 0.3 is 17.9 Å². The number of piperidine rings is 1. The predicted molar refractivity (Wildman–Crippen MR) is 220 cm³/mol. The molecule has 14 nitrogen and oxygen atoms in total. The number of aliphatic hydroxyl groups is 1. The van der Waals surface area contributed by atoms with Crippen molar-refractivity contribution in [3.8, 4) is 5.75 Å². The number of esters is 3. The third kappa shape index (κ3) is 4.74.